The summed E-state index contributed by atoms with van der Waals surface area (Å²) in [6, 6.07) is 12.4. The van der Waals surface area contributed by atoms with E-state index < -0.39 is 12.0 Å². The first-order chi connectivity index (χ1) is 11.5. The molecule has 1 saturated heterocycles. The van der Waals surface area contributed by atoms with E-state index >= 15 is 0 Å². The molecule has 2 N–H and O–H groups in total. The van der Waals surface area contributed by atoms with E-state index in [0.29, 0.717) is 22.4 Å². The van der Waals surface area contributed by atoms with Crippen molar-refractivity contribution in [2.45, 2.75) is 18.0 Å². The number of rotatable bonds is 5. The van der Waals surface area contributed by atoms with Crippen molar-refractivity contribution in [2.75, 3.05) is 5.75 Å². The molecule has 0 bridgehead atoms. The molecule has 1 heterocycles. The predicted molar refractivity (Wildman–Crippen MR) is 97.0 cm³/mol. The maximum absolute atomic E-state index is 11.0. The third-order valence-electron chi connectivity index (χ3n) is 3.67. The molecule has 0 spiro atoms. The molecule has 2 aromatic carbocycles. The van der Waals surface area contributed by atoms with Crippen molar-refractivity contribution in [1.29, 1.82) is 0 Å². The number of thioether (sulfide) groups is 1. The number of aliphatic carboxylic acids is 1. The van der Waals surface area contributed by atoms with E-state index in [4.69, 9.17) is 33.0 Å². The van der Waals surface area contributed by atoms with Crippen LogP contribution in [0.1, 0.15) is 16.5 Å². The Morgan fingerprint density at radius 2 is 2.00 bits per heavy atom. The van der Waals surface area contributed by atoms with Gasteiger partial charge < -0.3 is 9.84 Å². The van der Waals surface area contributed by atoms with Crippen LogP contribution in [-0.2, 0) is 11.4 Å². The van der Waals surface area contributed by atoms with Gasteiger partial charge in [-0.15, -0.1) is 11.8 Å². The largest absolute Gasteiger partial charge is 0.489 e. The van der Waals surface area contributed by atoms with Crippen molar-refractivity contribution in [2.24, 2.45) is 0 Å². The van der Waals surface area contributed by atoms with Crippen molar-refractivity contribution in [1.82, 2.24) is 5.32 Å². The number of carboxylic acid groups (broad SMARTS) is 1. The summed E-state index contributed by atoms with van der Waals surface area (Å²) in [6.45, 7) is 0.354. The molecule has 24 heavy (non-hydrogen) atoms. The maximum atomic E-state index is 11.0. The van der Waals surface area contributed by atoms with Gasteiger partial charge in [0.05, 0.1) is 5.37 Å². The van der Waals surface area contributed by atoms with Crippen LogP contribution in [0.25, 0.3) is 0 Å². The van der Waals surface area contributed by atoms with E-state index in [1.54, 1.807) is 23.9 Å². The molecular weight excluding hydrogens is 369 g/mol. The highest BCUT2D eigenvalue weighted by Crippen LogP contribution is 2.33. The average Bonchev–Trinajstić information content (AvgIpc) is 3.05. The Morgan fingerprint density at radius 3 is 2.62 bits per heavy atom. The van der Waals surface area contributed by atoms with Crippen LogP contribution in [0.2, 0.25) is 10.0 Å². The molecule has 126 valence electrons. The number of carboxylic acids is 1. The molecule has 2 aromatic rings. The molecule has 7 heteroatoms. The van der Waals surface area contributed by atoms with Gasteiger partial charge in [-0.2, -0.15) is 0 Å². The minimum absolute atomic E-state index is 0.00846. The zero-order chi connectivity index (χ0) is 17.1. The first-order valence-corrected chi connectivity index (χ1v) is 9.10. The van der Waals surface area contributed by atoms with Gasteiger partial charge in [0.1, 0.15) is 18.4 Å². The number of ether oxygens (including phenoxy) is 1. The Labute approximate surface area is 154 Å². The Morgan fingerprint density at radius 1 is 1.25 bits per heavy atom. The summed E-state index contributed by atoms with van der Waals surface area (Å²) in [7, 11) is 0. The maximum Gasteiger partial charge on any atom is 0.321 e. The molecule has 0 aromatic heterocycles. The number of halogens is 2. The smallest absolute Gasteiger partial charge is 0.321 e. The summed E-state index contributed by atoms with van der Waals surface area (Å²) < 4.78 is 5.74. The van der Waals surface area contributed by atoms with Crippen LogP contribution < -0.4 is 10.1 Å². The van der Waals surface area contributed by atoms with Crippen LogP contribution in [0.4, 0.5) is 0 Å². The van der Waals surface area contributed by atoms with Crippen LogP contribution in [0.5, 0.6) is 5.75 Å². The number of hydrogen-bond acceptors (Lipinski definition) is 4. The Kier molecular flexibility index (Phi) is 5.56. The molecule has 1 fully saturated rings. The zero-order valence-corrected chi connectivity index (χ0v) is 14.9. The first-order valence-electron chi connectivity index (χ1n) is 7.30. The number of nitrogens with one attached hydrogen (secondary N) is 1. The van der Waals surface area contributed by atoms with E-state index in [2.05, 4.69) is 5.32 Å². The molecule has 2 atom stereocenters. The highest BCUT2D eigenvalue weighted by atomic mass is 35.5. The lowest BCUT2D eigenvalue weighted by Gasteiger charge is -2.13. The molecule has 1 aliphatic rings. The second kappa shape index (κ2) is 7.66. The number of carbonyl (C=O) groups is 1. The van der Waals surface area contributed by atoms with Crippen LogP contribution in [0.15, 0.2) is 42.5 Å². The minimum Gasteiger partial charge on any atom is -0.489 e. The predicted octanol–water partition coefficient (Wildman–Crippen LogP) is 4.36. The van der Waals surface area contributed by atoms with Gasteiger partial charge in [0.15, 0.2) is 0 Å². The monoisotopic (exact) mass is 383 g/mol. The summed E-state index contributed by atoms with van der Waals surface area (Å²) in [5.74, 6) is 0.472. The number of hydrogen-bond donors (Lipinski definition) is 2. The van der Waals surface area contributed by atoms with Gasteiger partial charge in [0, 0.05) is 21.4 Å². The topological polar surface area (TPSA) is 58.6 Å². The van der Waals surface area contributed by atoms with Gasteiger partial charge in [-0.3, -0.25) is 10.1 Å². The standard InChI is InChI=1S/C17H15Cl2NO3S/c18-12-4-1-11(14(19)7-12)8-23-13-5-2-10(3-6-13)16-20-15(9-24-16)17(21)22/h1-7,15-16,20H,8-9H2,(H,21,22). The van der Waals surface area contributed by atoms with E-state index in [-0.39, 0.29) is 5.37 Å². The summed E-state index contributed by atoms with van der Waals surface area (Å²) in [4.78, 5) is 11.0. The molecule has 0 radical (unpaired) electrons. The van der Waals surface area contributed by atoms with Crippen molar-refractivity contribution >= 4 is 40.9 Å². The Balaban J connectivity index is 1.60. The Hall–Kier alpha value is -1.40. The second-order valence-corrected chi connectivity index (χ2v) is 7.35. The lowest BCUT2D eigenvalue weighted by Crippen LogP contribution is -2.33. The number of benzene rings is 2. The zero-order valence-electron chi connectivity index (χ0n) is 12.5. The average molecular weight is 384 g/mol. The second-order valence-electron chi connectivity index (χ2n) is 5.36. The molecule has 0 aliphatic carbocycles. The highest BCUT2D eigenvalue weighted by molar-refractivity contribution is 7.99. The van der Waals surface area contributed by atoms with E-state index in [0.717, 1.165) is 16.9 Å². The van der Waals surface area contributed by atoms with E-state index in [1.165, 1.54) is 0 Å². The molecular formula is C17H15Cl2NO3S. The molecule has 0 saturated carbocycles. The van der Waals surface area contributed by atoms with Crippen molar-refractivity contribution in [3.8, 4) is 5.75 Å². The van der Waals surface area contributed by atoms with Crippen LogP contribution in [0, 0.1) is 0 Å². The molecule has 0 amide bonds. The molecule has 4 nitrogen and oxygen atoms in total. The highest BCUT2D eigenvalue weighted by Gasteiger charge is 2.30. The normalized spacial score (nSPS) is 20.1. The quantitative estimate of drug-likeness (QED) is 0.802. The van der Waals surface area contributed by atoms with Gasteiger partial charge in [0.25, 0.3) is 0 Å². The van der Waals surface area contributed by atoms with Gasteiger partial charge in [0.2, 0.25) is 0 Å². The fraction of sp³-hybridized carbons (Fsp3) is 0.235. The summed E-state index contributed by atoms with van der Waals surface area (Å²) in [5.41, 5.74) is 1.89. The Bertz CT molecular complexity index is 739. The lowest BCUT2D eigenvalue weighted by atomic mass is 10.2. The summed E-state index contributed by atoms with van der Waals surface area (Å²) in [6.07, 6.45) is 0. The molecule has 2 unspecified atom stereocenters. The van der Waals surface area contributed by atoms with Gasteiger partial charge in [-0.25, -0.2) is 0 Å². The van der Waals surface area contributed by atoms with Crippen LogP contribution >= 0.6 is 35.0 Å². The first kappa shape index (κ1) is 17.4. The van der Waals surface area contributed by atoms with Gasteiger partial charge in [-0.1, -0.05) is 41.4 Å². The molecule has 3 rings (SSSR count). The van der Waals surface area contributed by atoms with Gasteiger partial charge >= 0.3 is 5.97 Å². The van der Waals surface area contributed by atoms with E-state index in [1.807, 2.05) is 30.3 Å². The lowest BCUT2D eigenvalue weighted by molar-refractivity contribution is -0.138. The summed E-state index contributed by atoms with van der Waals surface area (Å²) in [5, 5.41) is 13.3. The minimum atomic E-state index is -0.815. The third kappa shape index (κ3) is 4.16. The van der Waals surface area contributed by atoms with Crippen molar-refractivity contribution in [3.05, 3.63) is 63.6 Å². The third-order valence-corrected chi connectivity index (χ3v) is 5.53. The molecule has 1 aliphatic heterocycles. The summed E-state index contributed by atoms with van der Waals surface area (Å²) >= 11 is 13.6. The van der Waals surface area contributed by atoms with Crippen molar-refractivity contribution in [3.63, 3.8) is 0 Å². The SMILES string of the molecule is O=C(O)C1CSC(c2ccc(OCc3ccc(Cl)cc3Cl)cc2)N1. The van der Waals surface area contributed by atoms with Crippen LogP contribution in [0.3, 0.4) is 0 Å². The van der Waals surface area contributed by atoms with Gasteiger partial charge in [-0.05, 0) is 29.8 Å². The van der Waals surface area contributed by atoms with Crippen LogP contribution in [-0.4, -0.2) is 22.9 Å². The van der Waals surface area contributed by atoms with E-state index in [9.17, 15) is 4.79 Å². The van der Waals surface area contributed by atoms with Crippen molar-refractivity contribution < 1.29 is 14.6 Å². The fourth-order valence-corrected chi connectivity index (χ4v) is 4.04. The fourth-order valence-electron chi connectivity index (χ4n) is 2.35.